The Balaban J connectivity index is 3.04. The summed E-state index contributed by atoms with van der Waals surface area (Å²) in [4.78, 5) is 11.5. The van der Waals surface area contributed by atoms with Crippen LogP contribution in [0.1, 0.15) is 10.4 Å². The number of phenols is 1. The summed E-state index contributed by atoms with van der Waals surface area (Å²) in [5, 5.41) is 18.2. The highest BCUT2D eigenvalue weighted by Gasteiger charge is 2.16. The van der Waals surface area contributed by atoms with E-state index in [1.165, 1.54) is 26.4 Å². The lowest BCUT2D eigenvalue weighted by atomic mass is 10.2. The number of hydrogen-bond donors (Lipinski definition) is 2. The van der Waals surface area contributed by atoms with E-state index in [4.69, 9.17) is 19.3 Å². The van der Waals surface area contributed by atoms with Crippen molar-refractivity contribution in [1.29, 1.82) is 0 Å². The van der Waals surface area contributed by atoms with Crippen molar-refractivity contribution in [2.45, 2.75) is 0 Å². The first-order valence-corrected chi connectivity index (χ1v) is 4.87. The number of aliphatic hydroxyl groups excluding tert-OH is 1. The second kappa shape index (κ2) is 5.95. The molecule has 0 bridgehead atoms. The number of aliphatic hydroxyl groups is 1. The largest absolute Gasteiger partial charge is 0.502 e. The van der Waals surface area contributed by atoms with E-state index in [0.717, 1.165) is 0 Å². The minimum absolute atomic E-state index is 0.0929. The standard InChI is InChI=1S/C11H14O6/c1-15-8-5-7(11(14)17-4-3-12)6-9(16-2)10(8)13/h5-6,12-13H,3-4H2,1-2H3. The van der Waals surface area contributed by atoms with Crippen LogP contribution in [0, 0.1) is 0 Å². The molecule has 17 heavy (non-hydrogen) atoms. The molecule has 0 atom stereocenters. The van der Waals surface area contributed by atoms with Crippen LogP contribution >= 0.6 is 0 Å². The van der Waals surface area contributed by atoms with Gasteiger partial charge in [-0.05, 0) is 12.1 Å². The van der Waals surface area contributed by atoms with Gasteiger partial charge in [-0.15, -0.1) is 0 Å². The first kappa shape index (κ1) is 13.1. The van der Waals surface area contributed by atoms with Crippen LogP contribution in [0.5, 0.6) is 17.2 Å². The number of hydrogen-bond acceptors (Lipinski definition) is 6. The summed E-state index contributed by atoms with van der Waals surface area (Å²) < 4.78 is 14.5. The zero-order valence-electron chi connectivity index (χ0n) is 9.60. The molecule has 0 radical (unpaired) electrons. The molecule has 0 aromatic heterocycles. The lowest BCUT2D eigenvalue weighted by Crippen LogP contribution is -2.09. The van der Waals surface area contributed by atoms with E-state index in [0.29, 0.717) is 0 Å². The number of methoxy groups -OCH3 is 2. The lowest BCUT2D eigenvalue weighted by molar-refractivity contribution is 0.0433. The summed E-state index contributed by atoms with van der Waals surface area (Å²) >= 11 is 0. The third-order valence-corrected chi connectivity index (χ3v) is 2.04. The third kappa shape index (κ3) is 3.01. The SMILES string of the molecule is COc1cc(C(=O)OCCO)cc(OC)c1O. The van der Waals surface area contributed by atoms with Gasteiger partial charge in [-0.2, -0.15) is 0 Å². The molecule has 6 heteroatoms. The van der Waals surface area contributed by atoms with Crippen molar-refractivity contribution in [3.63, 3.8) is 0 Å². The van der Waals surface area contributed by atoms with E-state index in [1.54, 1.807) is 0 Å². The number of ether oxygens (including phenoxy) is 3. The summed E-state index contributed by atoms with van der Waals surface area (Å²) in [7, 11) is 2.72. The van der Waals surface area contributed by atoms with Crippen LogP contribution in [0.2, 0.25) is 0 Å². The molecule has 0 saturated carbocycles. The second-order valence-corrected chi connectivity index (χ2v) is 3.09. The maximum absolute atomic E-state index is 11.5. The zero-order chi connectivity index (χ0) is 12.8. The van der Waals surface area contributed by atoms with Gasteiger partial charge in [0.15, 0.2) is 11.5 Å². The Kier molecular flexibility index (Phi) is 4.59. The van der Waals surface area contributed by atoms with Crippen LogP contribution in [0.25, 0.3) is 0 Å². The van der Waals surface area contributed by atoms with E-state index >= 15 is 0 Å². The fourth-order valence-electron chi connectivity index (χ4n) is 1.23. The highest BCUT2D eigenvalue weighted by Crippen LogP contribution is 2.37. The average molecular weight is 242 g/mol. The molecule has 0 aliphatic carbocycles. The molecule has 0 heterocycles. The van der Waals surface area contributed by atoms with Gasteiger partial charge >= 0.3 is 5.97 Å². The normalized spacial score (nSPS) is 9.82. The predicted molar refractivity (Wildman–Crippen MR) is 58.6 cm³/mol. The van der Waals surface area contributed by atoms with E-state index in [-0.39, 0.29) is 36.0 Å². The molecular weight excluding hydrogens is 228 g/mol. The van der Waals surface area contributed by atoms with Crippen molar-refractivity contribution in [1.82, 2.24) is 0 Å². The van der Waals surface area contributed by atoms with E-state index in [9.17, 15) is 9.90 Å². The van der Waals surface area contributed by atoms with Crippen molar-refractivity contribution in [2.75, 3.05) is 27.4 Å². The monoisotopic (exact) mass is 242 g/mol. The first-order chi connectivity index (χ1) is 8.13. The Labute approximate surface area is 98.3 Å². The van der Waals surface area contributed by atoms with Crippen LogP contribution in [-0.4, -0.2) is 43.6 Å². The van der Waals surface area contributed by atoms with E-state index in [1.807, 2.05) is 0 Å². The highest BCUT2D eigenvalue weighted by molar-refractivity contribution is 5.91. The molecule has 0 amide bonds. The number of aromatic hydroxyl groups is 1. The van der Waals surface area contributed by atoms with Gasteiger partial charge in [0.05, 0.1) is 26.4 Å². The summed E-state index contributed by atoms with van der Waals surface area (Å²) in [5.74, 6) is -0.593. The van der Waals surface area contributed by atoms with Crippen LogP contribution < -0.4 is 9.47 Å². The van der Waals surface area contributed by atoms with Crippen molar-refractivity contribution >= 4 is 5.97 Å². The van der Waals surface area contributed by atoms with Gasteiger partial charge < -0.3 is 24.4 Å². The number of carbonyl (C=O) groups excluding carboxylic acids is 1. The summed E-state index contributed by atoms with van der Waals surface area (Å²) in [6.07, 6.45) is 0. The smallest absolute Gasteiger partial charge is 0.338 e. The molecule has 94 valence electrons. The molecule has 2 N–H and O–H groups in total. The molecule has 1 aromatic carbocycles. The molecule has 0 aliphatic rings. The van der Waals surface area contributed by atoms with Crippen LogP contribution in [-0.2, 0) is 4.74 Å². The Morgan fingerprint density at radius 3 is 2.18 bits per heavy atom. The summed E-state index contributed by atoms with van der Waals surface area (Å²) in [6.45, 7) is -0.345. The Bertz CT molecular complexity index is 376. The first-order valence-electron chi connectivity index (χ1n) is 4.87. The Morgan fingerprint density at radius 2 is 1.76 bits per heavy atom. The molecule has 0 spiro atoms. The van der Waals surface area contributed by atoms with Crippen molar-refractivity contribution in [2.24, 2.45) is 0 Å². The molecule has 1 aromatic rings. The van der Waals surface area contributed by atoms with Gasteiger partial charge in [0, 0.05) is 0 Å². The molecule has 0 fully saturated rings. The molecule has 0 aliphatic heterocycles. The fourth-order valence-corrected chi connectivity index (χ4v) is 1.23. The molecule has 0 saturated heterocycles. The number of carbonyl (C=O) groups is 1. The minimum atomic E-state index is -0.629. The quantitative estimate of drug-likeness (QED) is 0.734. The Morgan fingerprint density at radius 1 is 1.24 bits per heavy atom. The number of rotatable bonds is 5. The second-order valence-electron chi connectivity index (χ2n) is 3.09. The van der Waals surface area contributed by atoms with Crippen molar-refractivity contribution in [3.05, 3.63) is 17.7 Å². The molecule has 0 unspecified atom stereocenters. The zero-order valence-corrected chi connectivity index (χ0v) is 9.60. The van der Waals surface area contributed by atoms with Gasteiger partial charge in [-0.1, -0.05) is 0 Å². The average Bonchev–Trinajstić information content (AvgIpc) is 2.36. The Hall–Kier alpha value is -1.95. The molecule has 6 nitrogen and oxygen atoms in total. The van der Waals surface area contributed by atoms with Gasteiger partial charge in [-0.3, -0.25) is 0 Å². The highest BCUT2D eigenvalue weighted by atomic mass is 16.5. The van der Waals surface area contributed by atoms with Gasteiger partial charge in [0.1, 0.15) is 6.61 Å². The number of phenolic OH excluding ortho intramolecular Hbond substituents is 1. The molecule has 1 rings (SSSR count). The van der Waals surface area contributed by atoms with E-state index in [2.05, 4.69) is 0 Å². The lowest BCUT2D eigenvalue weighted by Gasteiger charge is -2.10. The van der Waals surface area contributed by atoms with Gasteiger partial charge in [-0.25, -0.2) is 4.79 Å². The van der Waals surface area contributed by atoms with Gasteiger partial charge in [0.25, 0.3) is 0 Å². The fraction of sp³-hybridized carbons (Fsp3) is 0.364. The summed E-state index contributed by atoms with van der Waals surface area (Å²) in [6, 6.07) is 2.66. The minimum Gasteiger partial charge on any atom is -0.502 e. The van der Waals surface area contributed by atoms with E-state index < -0.39 is 5.97 Å². The number of benzene rings is 1. The van der Waals surface area contributed by atoms with Gasteiger partial charge in [0.2, 0.25) is 5.75 Å². The van der Waals surface area contributed by atoms with Crippen molar-refractivity contribution in [3.8, 4) is 17.2 Å². The molecular formula is C11H14O6. The number of esters is 1. The van der Waals surface area contributed by atoms with Crippen LogP contribution in [0.3, 0.4) is 0 Å². The van der Waals surface area contributed by atoms with Crippen LogP contribution in [0.15, 0.2) is 12.1 Å². The maximum Gasteiger partial charge on any atom is 0.338 e. The van der Waals surface area contributed by atoms with Crippen LogP contribution in [0.4, 0.5) is 0 Å². The topological polar surface area (TPSA) is 85.2 Å². The maximum atomic E-state index is 11.5. The third-order valence-electron chi connectivity index (χ3n) is 2.04. The summed E-state index contributed by atoms with van der Waals surface area (Å²) in [5.41, 5.74) is 0.171. The predicted octanol–water partition coefficient (Wildman–Crippen LogP) is 0.558. The van der Waals surface area contributed by atoms with Crippen molar-refractivity contribution < 1.29 is 29.2 Å².